The third kappa shape index (κ3) is 5.12. The first-order chi connectivity index (χ1) is 7.92. The molecule has 0 spiro atoms. The molecule has 0 aliphatic heterocycles. The van der Waals surface area contributed by atoms with Gasteiger partial charge in [-0.1, -0.05) is 0 Å². The van der Waals surface area contributed by atoms with E-state index in [1.54, 1.807) is 6.07 Å². The first kappa shape index (κ1) is 13.9. The first-order valence-electron chi connectivity index (χ1n) is 4.85. The quantitative estimate of drug-likeness (QED) is 0.770. The van der Waals surface area contributed by atoms with Crippen molar-refractivity contribution in [1.29, 1.82) is 0 Å². The summed E-state index contributed by atoms with van der Waals surface area (Å²) < 4.78 is 41.7. The van der Waals surface area contributed by atoms with Crippen LogP contribution in [-0.2, 0) is 11.3 Å². The van der Waals surface area contributed by atoms with Gasteiger partial charge in [-0.3, -0.25) is 4.79 Å². The number of carbonyl (C=O) groups is 1. The number of halogens is 4. The number of amides is 1. The minimum Gasteiger partial charge on any atom is -0.467 e. The number of rotatable bonds is 5. The number of alkyl halides is 4. The normalized spacial score (nSPS) is 11.5. The maximum Gasteiger partial charge on any atom is 0.406 e. The second-order valence-electron chi connectivity index (χ2n) is 3.38. The Morgan fingerprint density at radius 2 is 2.18 bits per heavy atom. The Morgan fingerprint density at radius 3 is 2.65 bits per heavy atom. The molecule has 1 amide bonds. The number of furan rings is 1. The zero-order chi connectivity index (χ0) is 12.9. The molecule has 0 bridgehead atoms. The summed E-state index contributed by atoms with van der Waals surface area (Å²) in [4.78, 5) is 12.1. The topological polar surface area (TPSA) is 33.5 Å². The number of hydrogen-bond acceptors (Lipinski definition) is 2. The molecule has 0 saturated carbocycles. The van der Waals surface area contributed by atoms with Crippen LogP contribution in [0.15, 0.2) is 22.8 Å². The lowest BCUT2D eigenvalue weighted by atomic mass is 10.3. The predicted molar refractivity (Wildman–Crippen MR) is 55.5 cm³/mol. The van der Waals surface area contributed by atoms with Crippen LogP contribution in [0.25, 0.3) is 0 Å². The molecule has 0 fully saturated rings. The van der Waals surface area contributed by atoms with Crippen LogP contribution in [0.2, 0.25) is 0 Å². The zero-order valence-electron chi connectivity index (χ0n) is 8.84. The molecule has 0 unspecified atom stereocenters. The Balaban J connectivity index is 2.68. The fraction of sp³-hybridized carbons (Fsp3) is 0.500. The largest absolute Gasteiger partial charge is 0.467 e. The predicted octanol–water partition coefficient (Wildman–Crippen LogP) is 2.80. The van der Waals surface area contributed by atoms with Gasteiger partial charge in [0.2, 0.25) is 5.91 Å². The van der Waals surface area contributed by atoms with Gasteiger partial charge in [0.1, 0.15) is 12.3 Å². The summed E-state index contributed by atoms with van der Waals surface area (Å²) in [5.74, 6) is -0.350. The van der Waals surface area contributed by atoms with Gasteiger partial charge in [0.15, 0.2) is 0 Å². The summed E-state index contributed by atoms with van der Waals surface area (Å²) in [6.07, 6.45) is -3.22. The van der Waals surface area contributed by atoms with E-state index in [9.17, 15) is 18.0 Å². The van der Waals surface area contributed by atoms with E-state index in [0.717, 1.165) is 0 Å². The van der Waals surface area contributed by atoms with Gasteiger partial charge in [0.05, 0.1) is 12.8 Å². The maximum absolute atomic E-state index is 12.3. The van der Waals surface area contributed by atoms with Crippen molar-refractivity contribution in [2.24, 2.45) is 0 Å². The molecule has 17 heavy (non-hydrogen) atoms. The van der Waals surface area contributed by atoms with Crippen molar-refractivity contribution in [2.45, 2.75) is 19.1 Å². The summed E-state index contributed by atoms with van der Waals surface area (Å²) in [5.41, 5.74) is 0. The summed E-state index contributed by atoms with van der Waals surface area (Å²) in [6, 6.07) is 3.06. The molecular weight excluding hydrogens is 259 g/mol. The van der Waals surface area contributed by atoms with E-state index >= 15 is 0 Å². The SMILES string of the molecule is O=C(CCCl)N(Cc1ccco1)CC(F)(F)F. The van der Waals surface area contributed by atoms with Gasteiger partial charge in [-0.15, -0.1) is 11.6 Å². The zero-order valence-corrected chi connectivity index (χ0v) is 9.59. The monoisotopic (exact) mass is 269 g/mol. The fourth-order valence-electron chi connectivity index (χ4n) is 1.28. The molecule has 96 valence electrons. The van der Waals surface area contributed by atoms with Gasteiger partial charge < -0.3 is 9.32 Å². The van der Waals surface area contributed by atoms with Crippen molar-refractivity contribution in [2.75, 3.05) is 12.4 Å². The van der Waals surface area contributed by atoms with Crippen molar-refractivity contribution in [3.05, 3.63) is 24.2 Å². The van der Waals surface area contributed by atoms with Crippen molar-refractivity contribution in [1.82, 2.24) is 4.90 Å². The summed E-state index contributed by atoms with van der Waals surface area (Å²) in [5, 5.41) is 0. The van der Waals surface area contributed by atoms with Gasteiger partial charge in [-0.25, -0.2) is 0 Å². The van der Waals surface area contributed by atoms with Crippen LogP contribution in [-0.4, -0.2) is 29.4 Å². The molecule has 1 rings (SSSR count). The van der Waals surface area contributed by atoms with Crippen LogP contribution in [0.5, 0.6) is 0 Å². The molecule has 0 radical (unpaired) electrons. The molecule has 0 saturated heterocycles. The van der Waals surface area contributed by atoms with Crippen molar-refractivity contribution in [3.63, 3.8) is 0 Å². The number of carbonyl (C=O) groups excluding carboxylic acids is 1. The number of hydrogen-bond donors (Lipinski definition) is 0. The van der Waals surface area contributed by atoms with Crippen LogP contribution in [0.3, 0.4) is 0 Å². The molecule has 0 N–H and O–H groups in total. The molecule has 0 aliphatic carbocycles. The van der Waals surface area contributed by atoms with E-state index in [1.807, 2.05) is 0 Å². The van der Waals surface area contributed by atoms with E-state index in [4.69, 9.17) is 16.0 Å². The van der Waals surface area contributed by atoms with Crippen LogP contribution in [0.4, 0.5) is 13.2 Å². The molecule has 0 atom stereocenters. The van der Waals surface area contributed by atoms with E-state index < -0.39 is 18.6 Å². The number of nitrogens with zero attached hydrogens (tertiary/aromatic N) is 1. The van der Waals surface area contributed by atoms with Crippen LogP contribution < -0.4 is 0 Å². The van der Waals surface area contributed by atoms with E-state index in [2.05, 4.69) is 0 Å². The maximum atomic E-state index is 12.3. The highest BCUT2D eigenvalue weighted by atomic mass is 35.5. The minimum absolute atomic E-state index is 0.00859. The summed E-state index contributed by atoms with van der Waals surface area (Å²) >= 11 is 5.34. The van der Waals surface area contributed by atoms with Crippen LogP contribution in [0.1, 0.15) is 12.2 Å². The van der Waals surface area contributed by atoms with Gasteiger partial charge in [0.25, 0.3) is 0 Å². The lowest BCUT2D eigenvalue weighted by molar-refractivity contribution is -0.162. The third-order valence-electron chi connectivity index (χ3n) is 1.96. The van der Waals surface area contributed by atoms with Crippen molar-refractivity contribution in [3.8, 4) is 0 Å². The van der Waals surface area contributed by atoms with E-state index in [0.29, 0.717) is 10.7 Å². The highest BCUT2D eigenvalue weighted by Crippen LogP contribution is 2.19. The first-order valence-corrected chi connectivity index (χ1v) is 5.38. The molecule has 0 aromatic carbocycles. The van der Waals surface area contributed by atoms with Gasteiger partial charge in [0, 0.05) is 12.3 Å². The average molecular weight is 270 g/mol. The van der Waals surface area contributed by atoms with E-state index in [1.165, 1.54) is 12.3 Å². The van der Waals surface area contributed by atoms with Crippen LogP contribution >= 0.6 is 11.6 Å². The fourth-order valence-corrected chi connectivity index (χ4v) is 1.44. The van der Waals surface area contributed by atoms with Gasteiger partial charge in [-0.2, -0.15) is 13.2 Å². The Hall–Kier alpha value is -1.17. The molecule has 3 nitrogen and oxygen atoms in total. The Kier molecular flexibility index (Phi) is 4.86. The summed E-state index contributed by atoms with van der Waals surface area (Å²) in [6.45, 7) is -1.51. The molecule has 1 aromatic heterocycles. The van der Waals surface area contributed by atoms with Crippen molar-refractivity contribution < 1.29 is 22.4 Å². The van der Waals surface area contributed by atoms with Crippen LogP contribution in [0, 0.1) is 0 Å². The Bertz CT molecular complexity index is 351. The molecule has 1 heterocycles. The molecule has 0 aliphatic rings. The van der Waals surface area contributed by atoms with Crippen molar-refractivity contribution >= 4 is 17.5 Å². The highest BCUT2D eigenvalue weighted by Gasteiger charge is 2.33. The smallest absolute Gasteiger partial charge is 0.406 e. The summed E-state index contributed by atoms with van der Waals surface area (Å²) in [7, 11) is 0. The third-order valence-corrected chi connectivity index (χ3v) is 2.15. The van der Waals surface area contributed by atoms with Gasteiger partial charge >= 0.3 is 6.18 Å². The minimum atomic E-state index is -4.44. The highest BCUT2D eigenvalue weighted by molar-refractivity contribution is 6.18. The Morgan fingerprint density at radius 1 is 1.47 bits per heavy atom. The average Bonchev–Trinajstić information content (AvgIpc) is 2.67. The molecule has 1 aromatic rings. The standard InChI is InChI=1S/C10H11ClF3NO2/c11-4-3-9(16)15(7-10(12,13)14)6-8-2-1-5-17-8/h1-2,5H,3-4,6-7H2. The second-order valence-corrected chi connectivity index (χ2v) is 3.76. The lowest BCUT2D eigenvalue weighted by Crippen LogP contribution is -2.38. The molecular formula is C10H11ClF3NO2. The van der Waals surface area contributed by atoms with E-state index in [-0.39, 0.29) is 18.8 Å². The lowest BCUT2D eigenvalue weighted by Gasteiger charge is -2.22. The second kappa shape index (κ2) is 5.95. The molecule has 7 heteroatoms. The Labute approximate surface area is 101 Å². The van der Waals surface area contributed by atoms with Gasteiger partial charge in [-0.05, 0) is 12.1 Å².